The Kier molecular flexibility index (Phi) is 5.30. The molecule has 25 heavy (non-hydrogen) atoms. The second-order valence-corrected chi connectivity index (χ2v) is 6.18. The summed E-state index contributed by atoms with van der Waals surface area (Å²) in [6.07, 6.45) is 5.10. The number of carbonyl (C=O) groups excluding carboxylic acids is 2. The van der Waals surface area contributed by atoms with Crippen LogP contribution < -0.4 is 5.32 Å². The van der Waals surface area contributed by atoms with Crippen LogP contribution in [0.3, 0.4) is 0 Å². The number of morpholine rings is 1. The summed E-state index contributed by atoms with van der Waals surface area (Å²) in [4.78, 5) is 26.1. The minimum atomic E-state index is -0.261. The standard InChI is InChI=1S/C17H23N5O3/c1-13(23)14-9-16(20(2)11-14)17(24)19-15-10-18-22(12-15)4-3-21-5-7-25-8-6-21/h9-12H,3-8H2,1-2H3,(H,19,24). The van der Waals surface area contributed by atoms with E-state index in [-0.39, 0.29) is 11.7 Å². The Morgan fingerprint density at radius 2 is 2.00 bits per heavy atom. The molecule has 0 aromatic carbocycles. The maximum Gasteiger partial charge on any atom is 0.272 e. The van der Waals surface area contributed by atoms with Gasteiger partial charge in [0.05, 0.1) is 31.6 Å². The Morgan fingerprint density at radius 1 is 1.24 bits per heavy atom. The van der Waals surface area contributed by atoms with E-state index in [0.29, 0.717) is 16.9 Å². The number of aromatic nitrogens is 3. The van der Waals surface area contributed by atoms with E-state index < -0.39 is 0 Å². The average Bonchev–Trinajstić information content (AvgIpc) is 3.20. The number of carbonyl (C=O) groups is 2. The lowest BCUT2D eigenvalue weighted by Gasteiger charge is -2.26. The summed E-state index contributed by atoms with van der Waals surface area (Å²) in [5, 5.41) is 7.11. The third-order valence-electron chi connectivity index (χ3n) is 4.28. The van der Waals surface area contributed by atoms with Crippen LogP contribution in [0.1, 0.15) is 27.8 Å². The molecule has 3 heterocycles. The monoisotopic (exact) mass is 345 g/mol. The fraction of sp³-hybridized carbons (Fsp3) is 0.471. The molecule has 8 nitrogen and oxygen atoms in total. The molecule has 0 saturated carbocycles. The van der Waals surface area contributed by atoms with Crippen molar-refractivity contribution in [3.63, 3.8) is 0 Å². The van der Waals surface area contributed by atoms with E-state index in [1.807, 2.05) is 10.9 Å². The van der Waals surface area contributed by atoms with Crippen molar-refractivity contribution in [3.8, 4) is 0 Å². The van der Waals surface area contributed by atoms with E-state index in [1.54, 1.807) is 30.1 Å². The molecule has 0 bridgehead atoms. The number of nitrogens with one attached hydrogen (secondary N) is 1. The molecule has 1 N–H and O–H groups in total. The van der Waals surface area contributed by atoms with Crippen LogP contribution in [-0.4, -0.2) is 63.8 Å². The molecule has 3 rings (SSSR count). The summed E-state index contributed by atoms with van der Waals surface area (Å²) >= 11 is 0. The Balaban J connectivity index is 1.57. The quantitative estimate of drug-likeness (QED) is 0.790. The molecule has 1 amide bonds. The molecule has 0 aliphatic carbocycles. The van der Waals surface area contributed by atoms with Crippen molar-refractivity contribution in [1.82, 2.24) is 19.2 Å². The van der Waals surface area contributed by atoms with Crippen LogP contribution in [0.5, 0.6) is 0 Å². The van der Waals surface area contributed by atoms with Gasteiger partial charge in [-0.3, -0.25) is 19.2 Å². The summed E-state index contributed by atoms with van der Waals surface area (Å²) in [5.74, 6) is -0.326. The molecular formula is C17H23N5O3. The van der Waals surface area contributed by atoms with Gasteiger partial charge in [0.25, 0.3) is 5.91 Å². The fourth-order valence-electron chi connectivity index (χ4n) is 2.80. The van der Waals surface area contributed by atoms with Gasteiger partial charge in [0, 0.05) is 44.6 Å². The number of amides is 1. The van der Waals surface area contributed by atoms with Gasteiger partial charge in [-0.15, -0.1) is 0 Å². The Hall–Kier alpha value is -2.45. The zero-order valence-corrected chi connectivity index (χ0v) is 14.6. The number of ether oxygens (including phenoxy) is 1. The number of hydrogen-bond donors (Lipinski definition) is 1. The zero-order valence-electron chi connectivity index (χ0n) is 14.6. The molecule has 1 aliphatic heterocycles. The lowest BCUT2D eigenvalue weighted by Crippen LogP contribution is -2.38. The molecule has 0 spiro atoms. The summed E-state index contributed by atoms with van der Waals surface area (Å²) < 4.78 is 8.80. The van der Waals surface area contributed by atoms with Crippen molar-refractivity contribution in [2.45, 2.75) is 13.5 Å². The highest BCUT2D eigenvalue weighted by Gasteiger charge is 2.15. The second kappa shape index (κ2) is 7.62. The van der Waals surface area contributed by atoms with Gasteiger partial charge in [-0.2, -0.15) is 5.10 Å². The maximum absolute atomic E-state index is 12.4. The summed E-state index contributed by atoms with van der Waals surface area (Å²) in [6.45, 7) is 6.58. The predicted molar refractivity (Wildman–Crippen MR) is 92.9 cm³/mol. The number of anilines is 1. The molecule has 1 fully saturated rings. The van der Waals surface area contributed by atoms with Crippen molar-refractivity contribution in [3.05, 3.63) is 35.9 Å². The smallest absolute Gasteiger partial charge is 0.272 e. The first-order chi connectivity index (χ1) is 12.0. The fourth-order valence-corrected chi connectivity index (χ4v) is 2.80. The molecule has 1 saturated heterocycles. The van der Waals surface area contributed by atoms with Crippen molar-refractivity contribution in [2.75, 3.05) is 38.2 Å². The number of nitrogens with zero attached hydrogens (tertiary/aromatic N) is 4. The number of hydrogen-bond acceptors (Lipinski definition) is 5. The lowest BCUT2D eigenvalue weighted by molar-refractivity contribution is 0.0360. The molecule has 2 aromatic rings. The van der Waals surface area contributed by atoms with Gasteiger partial charge in [-0.25, -0.2) is 0 Å². The Labute approximate surface area is 146 Å². The minimum absolute atomic E-state index is 0.0643. The first-order valence-electron chi connectivity index (χ1n) is 8.34. The molecule has 1 aliphatic rings. The topological polar surface area (TPSA) is 81.4 Å². The van der Waals surface area contributed by atoms with Crippen molar-refractivity contribution < 1.29 is 14.3 Å². The highest BCUT2D eigenvalue weighted by Crippen LogP contribution is 2.12. The Bertz CT molecular complexity index is 758. The van der Waals surface area contributed by atoms with Crippen molar-refractivity contribution in [1.29, 1.82) is 0 Å². The number of ketones is 1. The van der Waals surface area contributed by atoms with E-state index in [9.17, 15) is 9.59 Å². The zero-order chi connectivity index (χ0) is 17.8. The van der Waals surface area contributed by atoms with E-state index in [0.717, 1.165) is 39.4 Å². The normalized spacial score (nSPS) is 15.3. The van der Waals surface area contributed by atoms with E-state index in [4.69, 9.17) is 4.74 Å². The number of rotatable bonds is 6. The average molecular weight is 345 g/mol. The molecule has 134 valence electrons. The summed E-state index contributed by atoms with van der Waals surface area (Å²) in [6, 6.07) is 1.60. The first kappa shape index (κ1) is 17.4. The lowest BCUT2D eigenvalue weighted by atomic mass is 10.2. The third kappa shape index (κ3) is 4.34. The summed E-state index contributed by atoms with van der Waals surface area (Å²) in [5.41, 5.74) is 1.60. The van der Waals surface area contributed by atoms with Gasteiger partial charge in [0.1, 0.15) is 5.69 Å². The van der Waals surface area contributed by atoms with Crippen LogP contribution in [0.2, 0.25) is 0 Å². The molecule has 0 unspecified atom stereocenters. The van der Waals surface area contributed by atoms with E-state index in [1.165, 1.54) is 6.92 Å². The van der Waals surface area contributed by atoms with Gasteiger partial charge in [-0.05, 0) is 13.0 Å². The molecule has 0 radical (unpaired) electrons. The van der Waals surface area contributed by atoms with Gasteiger partial charge in [0.15, 0.2) is 5.78 Å². The molecule has 8 heteroatoms. The predicted octanol–water partition coefficient (Wildman–Crippen LogP) is 1.01. The SMILES string of the molecule is CC(=O)c1cc(C(=O)Nc2cnn(CCN3CCOCC3)c2)n(C)c1. The van der Waals surface area contributed by atoms with Crippen molar-refractivity contribution >= 4 is 17.4 Å². The molecular weight excluding hydrogens is 322 g/mol. The third-order valence-corrected chi connectivity index (χ3v) is 4.28. The van der Waals surface area contributed by atoms with Crippen LogP contribution in [-0.2, 0) is 18.3 Å². The van der Waals surface area contributed by atoms with Gasteiger partial charge >= 0.3 is 0 Å². The molecule has 2 aromatic heterocycles. The summed E-state index contributed by atoms with van der Waals surface area (Å²) in [7, 11) is 1.74. The maximum atomic E-state index is 12.4. The second-order valence-electron chi connectivity index (χ2n) is 6.18. The van der Waals surface area contributed by atoms with Crippen LogP contribution in [0.25, 0.3) is 0 Å². The minimum Gasteiger partial charge on any atom is -0.379 e. The van der Waals surface area contributed by atoms with Crippen molar-refractivity contribution in [2.24, 2.45) is 7.05 Å². The van der Waals surface area contributed by atoms with Gasteiger partial charge < -0.3 is 14.6 Å². The van der Waals surface area contributed by atoms with Crippen LogP contribution in [0.4, 0.5) is 5.69 Å². The largest absolute Gasteiger partial charge is 0.379 e. The van der Waals surface area contributed by atoms with E-state index in [2.05, 4.69) is 15.3 Å². The van der Waals surface area contributed by atoms with Gasteiger partial charge in [0.2, 0.25) is 0 Å². The number of Topliss-reactive ketones (excluding diaryl/α,β-unsaturated/α-hetero) is 1. The van der Waals surface area contributed by atoms with Crippen LogP contribution >= 0.6 is 0 Å². The molecule has 0 atom stereocenters. The van der Waals surface area contributed by atoms with Crippen LogP contribution in [0.15, 0.2) is 24.7 Å². The number of aryl methyl sites for hydroxylation is 1. The van der Waals surface area contributed by atoms with Crippen LogP contribution in [0, 0.1) is 0 Å². The van der Waals surface area contributed by atoms with Gasteiger partial charge in [-0.1, -0.05) is 0 Å². The highest BCUT2D eigenvalue weighted by atomic mass is 16.5. The Morgan fingerprint density at radius 3 is 2.68 bits per heavy atom. The van der Waals surface area contributed by atoms with E-state index >= 15 is 0 Å². The first-order valence-corrected chi connectivity index (χ1v) is 8.34. The highest BCUT2D eigenvalue weighted by molar-refractivity contribution is 6.05.